The Morgan fingerprint density at radius 2 is 2.11 bits per heavy atom. The number of nitrogens with one attached hydrogen (secondary N) is 1. The highest BCUT2D eigenvalue weighted by molar-refractivity contribution is 5.99. The van der Waals surface area contributed by atoms with Crippen LogP contribution in [0.3, 0.4) is 0 Å². The molecular weight excluding hydrogens is 243 g/mol. The second kappa shape index (κ2) is 5.59. The van der Waals surface area contributed by atoms with Crippen LogP contribution in [0, 0.1) is 17.7 Å². The summed E-state index contributed by atoms with van der Waals surface area (Å²) >= 11 is 0. The van der Waals surface area contributed by atoms with E-state index in [1.54, 1.807) is 6.07 Å². The fourth-order valence-electron chi connectivity index (χ4n) is 2.77. The summed E-state index contributed by atoms with van der Waals surface area (Å²) < 4.78 is 13.4. The molecule has 1 fully saturated rings. The van der Waals surface area contributed by atoms with Gasteiger partial charge in [-0.15, -0.1) is 0 Å². The first kappa shape index (κ1) is 13.8. The Hall–Kier alpha value is -1.58. The molecule has 4 heteroatoms. The van der Waals surface area contributed by atoms with Crippen molar-refractivity contribution in [3.63, 3.8) is 0 Å². The van der Waals surface area contributed by atoms with Gasteiger partial charge in [0.2, 0.25) is 0 Å². The second-order valence-electron chi connectivity index (χ2n) is 5.55. The Labute approximate surface area is 113 Å². The summed E-state index contributed by atoms with van der Waals surface area (Å²) in [6.45, 7) is 4.36. The molecule has 1 aliphatic carbocycles. The first-order valence-corrected chi connectivity index (χ1v) is 6.85. The number of carbonyl (C=O) groups excluding carboxylic acids is 1. The first-order valence-electron chi connectivity index (χ1n) is 6.85. The van der Waals surface area contributed by atoms with Crippen LogP contribution in [-0.2, 0) is 0 Å². The summed E-state index contributed by atoms with van der Waals surface area (Å²) in [6, 6.07) is 4.48. The van der Waals surface area contributed by atoms with E-state index in [1.165, 1.54) is 18.6 Å². The maximum absolute atomic E-state index is 13.4. The number of carbonyl (C=O) groups is 1. The molecule has 104 valence electrons. The molecule has 1 aromatic rings. The van der Waals surface area contributed by atoms with Crippen molar-refractivity contribution in [2.45, 2.75) is 39.2 Å². The van der Waals surface area contributed by atoms with Crippen molar-refractivity contribution in [3.8, 4) is 0 Å². The molecule has 1 aromatic carbocycles. The van der Waals surface area contributed by atoms with Crippen LogP contribution in [0.15, 0.2) is 18.2 Å². The minimum absolute atomic E-state index is 0.0727. The van der Waals surface area contributed by atoms with Gasteiger partial charge in [-0.05, 0) is 30.4 Å². The summed E-state index contributed by atoms with van der Waals surface area (Å²) in [7, 11) is 0. The Bertz CT molecular complexity index is 475. The summed E-state index contributed by atoms with van der Waals surface area (Å²) in [6.07, 6.45) is 3.30. The molecule has 0 spiro atoms. The van der Waals surface area contributed by atoms with E-state index in [0.717, 1.165) is 12.8 Å². The lowest BCUT2D eigenvalue weighted by molar-refractivity contribution is 0.0891. The molecule has 3 N–H and O–H groups in total. The van der Waals surface area contributed by atoms with E-state index in [1.807, 2.05) is 0 Å². The predicted octanol–water partition coefficient (Wildman–Crippen LogP) is 2.96. The topological polar surface area (TPSA) is 55.1 Å². The van der Waals surface area contributed by atoms with Gasteiger partial charge in [0.1, 0.15) is 5.82 Å². The molecule has 0 heterocycles. The van der Waals surface area contributed by atoms with E-state index in [4.69, 9.17) is 5.73 Å². The number of amides is 1. The molecule has 1 amide bonds. The number of rotatable bonds is 2. The van der Waals surface area contributed by atoms with Gasteiger partial charge in [0.15, 0.2) is 0 Å². The molecule has 0 aliphatic heterocycles. The van der Waals surface area contributed by atoms with Crippen molar-refractivity contribution in [1.82, 2.24) is 5.32 Å². The Morgan fingerprint density at radius 1 is 1.37 bits per heavy atom. The lowest BCUT2D eigenvalue weighted by Gasteiger charge is -2.34. The van der Waals surface area contributed by atoms with Crippen molar-refractivity contribution in [1.29, 1.82) is 0 Å². The van der Waals surface area contributed by atoms with Crippen molar-refractivity contribution in [2.24, 2.45) is 11.8 Å². The van der Waals surface area contributed by atoms with E-state index < -0.39 is 5.82 Å². The van der Waals surface area contributed by atoms with Gasteiger partial charge < -0.3 is 11.1 Å². The Morgan fingerprint density at radius 3 is 2.84 bits per heavy atom. The van der Waals surface area contributed by atoms with Crippen molar-refractivity contribution in [2.75, 3.05) is 5.73 Å². The molecule has 3 unspecified atom stereocenters. The standard InChI is InChI=1S/C15H21FN2O/c1-9-5-3-8-13(10(9)2)18-15(19)11-6-4-7-12(16)14(11)17/h4,6-7,9-10,13H,3,5,8,17H2,1-2H3,(H,18,19). The largest absolute Gasteiger partial charge is 0.396 e. The number of nitrogens with two attached hydrogens (primary N) is 1. The number of nitrogen functional groups attached to an aromatic ring is 1. The van der Waals surface area contributed by atoms with Crippen LogP contribution in [0.4, 0.5) is 10.1 Å². The number of hydrogen-bond acceptors (Lipinski definition) is 2. The van der Waals surface area contributed by atoms with Gasteiger partial charge in [-0.3, -0.25) is 4.79 Å². The van der Waals surface area contributed by atoms with Crippen molar-refractivity contribution in [3.05, 3.63) is 29.6 Å². The van der Waals surface area contributed by atoms with Crippen molar-refractivity contribution >= 4 is 11.6 Å². The van der Waals surface area contributed by atoms with E-state index in [-0.39, 0.29) is 23.2 Å². The van der Waals surface area contributed by atoms with Gasteiger partial charge in [-0.1, -0.05) is 32.8 Å². The Balaban J connectivity index is 2.10. The maximum Gasteiger partial charge on any atom is 0.253 e. The number of benzene rings is 1. The van der Waals surface area contributed by atoms with Crippen LogP contribution >= 0.6 is 0 Å². The SMILES string of the molecule is CC1CCCC(NC(=O)c2cccc(F)c2N)C1C. The fourth-order valence-corrected chi connectivity index (χ4v) is 2.77. The summed E-state index contributed by atoms with van der Waals surface area (Å²) in [5.41, 5.74) is 5.77. The van der Waals surface area contributed by atoms with E-state index in [2.05, 4.69) is 19.2 Å². The van der Waals surface area contributed by atoms with Gasteiger partial charge in [-0.25, -0.2) is 4.39 Å². The zero-order chi connectivity index (χ0) is 14.0. The molecule has 0 aromatic heterocycles. The van der Waals surface area contributed by atoms with Gasteiger partial charge in [0.25, 0.3) is 5.91 Å². The van der Waals surface area contributed by atoms with Gasteiger partial charge >= 0.3 is 0 Å². The zero-order valence-corrected chi connectivity index (χ0v) is 11.4. The van der Waals surface area contributed by atoms with Crippen LogP contribution in [0.5, 0.6) is 0 Å². The summed E-state index contributed by atoms with van der Waals surface area (Å²) in [5, 5.41) is 3.00. The summed E-state index contributed by atoms with van der Waals surface area (Å²) in [5.74, 6) is 0.219. The third-order valence-electron chi connectivity index (χ3n) is 4.32. The fraction of sp³-hybridized carbons (Fsp3) is 0.533. The predicted molar refractivity (Wildman–Crippen MR) is 74.2 cm³/mol. The van der Waals surface area contributed by atoms with Crippen LogP contribution in [0.2, 0.25) is 0 Å². The lowest BCUT2D eigenvalue weighted by atomic mass is 9.78. The first-order chi connectivity index (χ1) is 9.00. The quantitative estimate of drug-likeness (QED) is 0.807. The molecule has 1 aliphatic rings. The van der Waals surface area contributed by atoms with Gasteiger partial charge in [0.05, 0.1) is 11.3 Å². The average Bonchev–Trinajstić information content (AvgIpc) is 2.38. The smallest absolute Gasteiger partial charge is 0.253 e. The molecule has 1 saturated carbocycles. The molecule has 3 nitrogen and oxygen atoms in total. The Kier molecular flexibility index (Phi) is 4.08. The van der Waals surface area contributed by atoms with E-state index in [0.29, 0.717) is 11.8 Å². The normalized spacial score (nSPS) is 27.0. The van der Waals surface area contributed by atoms with Gasteiger partial charge in [-0.2, -0.15) is 0 Å². The minimum atomic E-state index is -0.544. The molecule has 19 heavy (non-hydrogen) atoms. The third-order valence-corrected chi connectivity index (χ3v) is 4.32. The monoisotopic (exact) mass is 264 g/mol. The maximum atomic E-state index is 13.4. The molecule has 3 atom stereocenters. The van der Waals surface area contributed by atoms with Crippen LogP contribution in [-0.4, -0.2) is 11.9 Å². The van der Waals surface area contributed by atoms with Gasteiger partial charge in [0, 0.05) is 6.04 Å². The molecular formula is C15H21FN2O. The molecule has 2 rings (SSSR count). The highest BCUT2D eigenvalue weighted by atomic mass is 19.1. The van der Waals surface area contributed by atoms with Crippen LogP contribution in [0.1, 0.15) is 43.5 Å². The third kappa shape index (κ3) is 2.88. The van der Waals surface area contributed by atoms with E-state index >= 15 is 0 Å². The zero-order valence-electron chi connectivity index (χ0n) is 11.4. The lowest BCUT2D eigenvalue weighted by Crippen LogP contribution is -2.43. The van der Waals surface area contributed by atoms with Crippen LogP contribution in [0.25, 0.3) is 0 Å². The molecule has 0 radical (unpaired) electrons. The second-order valence-corrected chi connectivity index (χ2v) is 5.55. The number of para-hydroxylation sites is 1. The van der Waals surface area contributed by atoms with Crippen molar-refractivity contribution < 1.29 is 9.18 Å². The highest BCUT2D eigenvalue weighted by Crippen LogP contribution is 2.29. The average molecular weight is 264 g/mol. The number of halogens is 1. The number of anilines is 1. The van der Waals surface area contributed by atoms with E-state index in [9.17, 15) is 9.18 Å². The minimum Gasteiger partial charge on any atom is -0.396 e. The molecule has 0 bridgehead atoms. The summed E-state index contributed by atoms with van der Waals surface area (Å²) in [4.78, 5) is 12.2. The molecule has 0 saturated heterocycles. The van der Waals surface area contributed by atoms with Crippen LogP contribution < -0.4 is 11.1 Å². The highest BCUT2D eigenvalue weighted by Gasteiger charge is 2.28. The number of hydrogen-bond donors (Lipinski definition) is 2.